The van der Waals surface area contributed by atoms with Gasteiger partial charge in [0.1, 0.15) is 0 Å². The average Bonchev–Trinajstić information content (AvgIpc) is 3.10. The minimum atomic E-state index is -4.69. The van der Waals surface area contributed by atoms with Crippen molar-refractivity contribution in [3.63, 3.8) is 0 Å². The van der Waals surface area contributed by atoms with Crippen molar-refractivity contribution in [1.29, 1.82) is 0 Å². The summed E-state index contributed by atoms with van der Waals surface area (Å²) in [5, 5.41) is 4.51. The maximum absolute atomic E-state index is 13.5. The van der Waals surface area contributed by atoms with Crippen LogP contribution in [-0.4, -0.2) is 15.7 Å². The van der Waals surface area contributed by atoms with E-state index < -0.39 is 23.3 Å². The van der Waals surface area contributed by atoms with Gasteiger partial charge in [0.2, 0.25) is 5.88 Å². The van der Waals surface area contributed by atoms with Gasteiger partial charge in [-0.1, -0.05) is 59.8 Å². The highest BCUT2D eigenvalue weighted by Crippen LogP contribution is 2.40. The lowest BCUT2D eigenvalue weighted by molar-refractivity contribution is -0.138. The average molecular weight is 469 g/mol. The second-order valence-electron chi connectivity index (χ2n) is 7.32. The number of alkyl halides is 3. The molecule has 0 fully saturated rings. The summed E-state index contributed by atoms with van der Waals surface area (Å²) in [4.78, 5) is 14.4. The molecule has 0 N–H and O–H groups in total. The number of ether oxygens (including phenoxy) is 1. The fraction of sp³-hybridized carbons (Fsp3) is 0.120. The van der Waals surface area contributed by atoms with Crippen molar-refractivity contribution in [3.05, 3.63) is 101 Å². The second-order valence-corrected chi connectivity index (χ2v) is 8.40. The van der Waals surface area contributed by atoms with Gasteiger partial charge in [-0.15, -0.1) is 0 Å². The predicted octanol–water partition coefficient (Wildman–Crippen LogP) is 6.88. The zero-order valence-electron chi connectivity index (χ0n) is 17.8. The molecule has 0 aliphatic carbocycles. The van der Waals surface area contributed by atoms with Crippen LogP contribution >= 0.6 is 11.8 Å². The molecule has 8 heteroatoms. The number of benzene rings is 3. The number of carbonyl (C=O) groups is 1. The molecule has 4 nitrogen and oxygen atoms in total. The number of halogens is 3. The van der Waals surface area contributed by atoms with Gasteiger partial charge in [-0.2, -0.15) is 23.0 Å². The van der Waals surface area contributed by atoms with Gasteiger partial charge >= 0.3 is 12.1 Å². The van der Waals surface area contributed by atoms with E-state index in [4.69, 9.17) is 4.74 Å². The van der Waals surface area contributed by atoms with Gasteiger partial charge in [0.15, 0.2) is 0 Å². The monoisotopic (exact) mass is 468 g/mol. The third kappa shape index (κ3) is 4.96. The first-order chi connectivity index (χ1) is 15.7. The zero-order chi connectivity index (χ0) is 23.6. The molecule has 0 bridgehead atoms. The van der Waals surface area contributed by atoms with Crippen LogP contribution in [0.25, 0.3) is 5.69 Å². The molecule has 0 aliphatic rings. The highest BCUT2D eigenvalue weighted by Gasteiger charge is 2.36. The molecule has 4 rings (SSSR count). The molecular weight excluding hydrogens is 449 g/mol. The number of rotatable bonds is 5. The standard InChI is InChI=1S/C25H19F3N2O2S/c1-16-12-14-19(15-13-16)33-22-17(2)29-30(18-8-4-3-5-9-18)23(22)32-24(31)20-10-6-7-11-21(20)25(26,27)28/h3-15H,1-2H3. The first kappa shape index (κ1) is 22.7. The van der Waals surface area contributed by atoms with Crippen LogP contribution in [0.5, 0.6) is 5.88 Å². The molecule has 0 amide bonds. The number of esters is 1. The number of carbonyl (C=O) groups excluding carboxylic acids is 1. The Bertz CT molecular complexity index is 1280. The van der Waals surface area contributed by atoms with E-state index >= 15 is 0 Å². The topological polar surface area (TPSA) is 44.1 Å². The Morgan fingerprint density at radius 3 is 2.21 bits per heavy atom. The lowest BCUT2D eigenvalue weighted by atomic mass is 10.1. The number of hydrogen-bond acceptors (Lipinski definition) is 4. The number of aromatic nitrogens is 2. The summed E-state index contributed by atoms with van der Waals surface area (Å²) in [5.74, 6) is -1.04. The van der Waals surface area contributed by atoms with Crippen molar-refractivity contribution in [2.75, 3.05) is 0 Å². The molecule has 0 saturated heterocycles. The molecule has 0 aliphatic heterocycles. The normalized spacial score (nSPS) is 11.4. The molecule has 0 saturated carbocycles. The van der Waals surface area contributed by atoms with E-state index in [-0.39, 0.29) is 5.88 Å². The molecule has 168 valence electrons. The number of para-hydroxylation sites is 1. The Kier molecular flexibility index (Phi) is 6.29. The number of hydrogen-bond donors (Lipinski definition) is 0. The lowest BCUT2D eigenvalue weighted by Crippen LogP contribution is -2.18. The minimum Gasteiger partial charge on any atom is -0.402 e. The summed E-state index contributed by atoms with van der Waals surface area (Å²) in [6.07, 6.45) is -4.69. The third-order valence-electron chi connectivity index (χ3n) is 4.85. The molecular formula is C25H19F3N2O2S. The molecule has 0 unspecified atom stereocenters. The van der Waals surface area contributed by atoms with Gasteiger partial charge in [-0.25, -0.2) is 4.79 Å². The summed E-state index contributed by atoms with van der Waals surface area (Å²) in [7, 11) is 0. The molecule has 0 spiro atoms. The van der Waals surface area contributed by atoms with E-state index in [0.29, 0.717) is 16.3 Å². The van der Waals surface area contributed by atoms with E-state index in [1.807, 2.05) is 37.3 Å². The molecule has 1 heterocycles. The maximum Gasteiger partial charge on any atom is 0.417 e. The van der Waals surface area contributed by atoms with Crippen molar-refractivity contribution < 1.29 is 22.7 Å². The van der Waals surface area contributed by atoms with Gasteiger partial charge in [-0.05, 0) is 50.2 Å². The van der Waals surface area contributed by atoms with Gasteiger partial charge in [0, 0.05) is 4.90 Å². The van der Waals surface area contributed by atoms with Crippen LogP contribution in [0.15, 0.2) is 88.7 Å². The summed E-state index contributed by atoms with van der Waals surface area (Å²) < 4.78 is 47.4. The molecule has 0 atom stereocenters. The Morgan fingerprint density at radius 2 is 1.55 bits per heavy atom. The fourth-order valence-corrected chi connectivity index (χ4v) is 4.13. The zero-order valence-corrected chi connectivity index (χ0v) is 18.6. The summed E-state index contributed by atoms with van der Waals surface area (Å²) in [5.41, 5.74) is 0.672. The Hall–Kier alpha value is -3.52. The van der Waals surface area contributed by atoms with Crippen LogP contribution in [0.2, 0.25) is 0 Å². The molecule has 1 aromatic heterocycles. The highest BCUT2D eigenvalue weighted by atomic mass is 32.2. The molecule has 33 heavy (non-hydrogen) atoms. The van der Waals surface area contributed by atoms with Gasteiger partial charge in [-0.3, -0.25) is 0 Å². The smallest absolute Gasteiger partial charge is 0.402 e. The van der Waals surface area contributed by atoms with Gasteiger partial charge in [0.05, 0.1) is 27.4 Å². The van der Waals surface area contributed by atoms with Crippen LogP contribution in [0.1, 0.15) is 27.2 Å². The Balaban J connectivity index is 1.79. The van der Waals surface area contributed by atoms with Crippen LogP contribution in [-0.2, 0) is 6.18 Å². The fourth-order valence-electron chi connectivity index (χ4n) is 3.22. The second kappa shape index (κ2) is 9.15. The van der Waals surface area contributed by atoms with Crippen LogP contribution in [0.3, 0.4) is 0 Å². The van der Waals surface area contributed by atoms with Gasteiger partial charge in [0.25, 0.3) is 0 Å². The van der Waals surface area contributed by atoms with E-state index in [1.54, 1.807) is 31.2 Å². The SMILES string of the molecule is Cc1ccc(Sc2c(C)nn(-c3ccccc3)c2OC(=O)c2ccccc2C(F)(F)F)cc1. The molecule has 0 radical (unpaired) electrons. The predicted molar refractivity (Wildman–Crippen MR) is 120 cm³/mol. The first-order valence-electron chi connectivity index (χ1n) is 10.0. The first-order valence-corrected chi connectivity index (χ1v) is 10.8. The van der Waals surface area contributed by atoms with Crippen LogP contribution < -0.4 is 4.74 Å². The summed E-state index contributed by atoms with van der Waals surface area (Å²) in [6, 6.07) is 21.3. The third-order valence-corrected chi connectivity index (χ3v) is 6.03. The van der Waals surface area contributed by atoms with E-state index in [9.17, 15) is 18.0 Å². The van der Waals surface area contributed by atoms with Gasteiger partial charge < -0.3 is 4.74 Å². The van der Waals surface area contributed by atoms with E-state index in [2.05, 4.69) is 5.10 Å². The van der Waals surface area contributed by atoms with Crippen LogP contribution in [0, 0.1) is 13.8 Å². The van der Waals surface area contributed by atoms with Crippen molar-refractivity contribution in [3.8, 4) is 11.6 Å². The van der Waals surface area contributed by atoms with Crippen molar-refractivity contribution in [2.45, 2.75) is 29.8 Å². The maximum atomic E-state index is 13.5. The summed E-state index contributed by atoms with van der Waals surface area (Å²) in [6.45, 7) is 3.73. The van der Waals surface area contributed by atoms with Crippen molar-refractivity contribution >= 4 is 17.7 Å². The van der Waals surface area contributed by atoms with E-state index in [0.717, 1.165) is 22.6 Å². The van der Waals surface area contributed by atoms with E-state index in [1.165, 1.54) is 28.6 Å². The Morgan fingerprint density at radius 1 is 0.909 bits per heavy atom. The molecule has 4 aromatic rings. The minimum absolute atomic E-state index is 0.0613. The number of aryl methyl sites for hydroxylation is 2. The summed E-state index contributed by atoms with van der Waals surface area (Å²) >= 11 is 1.33. The van der Waals surface area contributed by atoms with Crippen LogP contribution in [0.4, 0.5) is 13.2 Å². The quantitative estimate of drug-likeness (QED) is 0.300. The lowest BCUT2D eigenvalue weighted by Gasteiger charge is -2.14. The number of nitrogens with zero attached hydrogens (tertiary/aromatic N) is 2. The largest absolute Gasteiger partial charge is 0.417 e. The van der Waals surface area contributed by atoms with Crippen molar-refractivity contribution in [2.24, 2.45) is 0 Å². The van der Waals surface area contributed by atoms with Crippen molar-refractivity contribution in [1.82, 2.24) is 9.78 Å². The highest BCUT2D eigenvalue weighted by molar-refractivity contribution is 7.99. The molecule has 3 aromatic carbocycles. The Labute approximate surface area is 193 Å².